The molecule has 0 radical (unpaired) electrons. The Hall–Kier alpha value is -6.90. The van der Waals surface area contributed by atoms with Gasteiger partial charge >= 0.3 is 0 Å². The summed E-state index contributed by atoms with van der Waals surface area (Å²) >= 11 is 0. The third-order valence-electron chi connectivity index (χ3n) is 10.6. The van der Waals surface area contributed by atoms with Crippen molar-refractivity contribution in [1.29, 1.82) is 0 Å². The monoisotopic (exact) mass is 677 g/mol. The molecule has 53 heavy (non-hydrogen) atoms. The summed E-state index contributed by atoms with van der Waals surface area (Å²) in [5, 5.41) is 4.86. The number of hydrogen-bond donors (Lipinski definition) is 0. The minimum Gasteiger partial charge on any atom is -0.457 e. The van der Waals surface area contributed by atoms with Gasteiger partial charge in [-0.2, -0.15) is 0 Å². The highest BCUT2D eigenvalue weighted by Crippen LogP contribution is 2.52. The van der Waals surface area contributed by atoms with Crippen molar-refractivity contribution in [2.45, 2.75) is 5.92 Å². The van der Waals surface area contributed by atoms with E-state index in [1.807, 2.05) is 0 Å². The molecule has 0 fully saturated rings. The fourth-order valence-electron chi connectivity index (χ4n) is 8.05. The minimum atomic E-state index is -0.0104. The first-order chi connectivity index (χ1) is 26.3. The van der Waals surface area contributed by atoms with Gasteiger partial charge in [0.1, 0.15) is 11.5 Å². The van der Waals surface area contributed by atoms with Gasteiger partial charge in [0.05, 0.1) is 0 Å². The standard InChI is InChI=1S/C51H35NO/c1-3-11-35(12-4-1)37-19-27-42(28-20-37)52(43-29-21-38(22-30-43)36-13-5-2-6-14-36)44-31-23-41(24-32-44)49-50-45-17-9-7-15-39(45)25-33-47(50)53-48-34-26-40-16-8-10-18-46(40)51(48)49/h1-34,49H. The van der Waals surface area contributed by atoms with Crippen LogP contribution in [-0.4, -0.2) is 0 Å². The molecule has 0 saturated heterocycles. The van der Waals surface area contributed by atoms with Crippen LogP contribution in [0.4, 0.5) is 17.1 Å². The molecule has 10 rings (SSSR count). The molecule has 0 bridgehead atoms. The van der Waals surface area contributed by atoms with Crippen LogP contribution in [0.15, 0.2) is 206 Å². The number of nitrogens with zero attached hydrogens (tertiary/aromatic N) is 1. The zero-order valence-electron chi connectivity index (χ0n) is 29.1. The Balaban J connectivity index is 1.11. The van der Waals surface area contributed by atoms with Crippen molar-refractivity contribution < 1.29 is 4.74 Å². The lowest BCUT2D eigenvalue weighted by molar-refractivity contribution is 0.456. The molecule has 1 aliphatic heterocycles. The molecule has 9 aromatic rings. The van der Waals surface area contributed by atoms with Gasteiger partial charge in [-0.1, -0.05) is 158 Å². The van der Waals surface area contributed by atoms with E-state index >= 15 is 0 Å². The molecule has 0 aliphatic carbocycles. The second-order valence-electron chi connectivity index (χ2n) is 13.7. The Bertz CT molecular complexity index is 2550. The van der Waals surface area contributed by atoms with Crippen molar-refractivity contribution >= 4 is 38.6 Å². The maximum absolute atomic E-state index is 6.70. The van der Waals surface area contributed by atoms with Gasteiger partial charge in [-0.3, -0.25) is 0 Å². The third kappa shape index (κ3) is 5.53. The lowest BCUT2D eigenvalue weighted by Crippen LogP contribution is -2.14. The number of benzene rings is 9. The van der Waals surface area contributed by atoms with Crippen molar-refractivity contribution in [3.63, 3.8) is 0 Å². The van der Waals surface area contributed by atoms with E-state index in [-0.39, 0.29) is 5.92 Å². The van der Waals surface area contributed by atoms with Crippen molar-refractivity contribution in [3.05, 3.63) is 223 Å². The topological polar surface area (TPSA) is 12.5 Å². The summed E-state index contributed by atoms with van der Waals surface area (Å²) in [6.07, 6.45) is 0. The Morgan fingerprint density at radius 3 is 1.15 bits per heavy atom. The summed E-state index contributed by atoms with van der Waals surface area (Å²) in [5.74, 6) is 1.82. The van der Waals surface area contributed by atoms with Gasteiger partial charge in [0, 0.05) is 34.1 Å². The molecule has 0 aromatic heterocycles. The average molecular weight is 678 g/mol. The van der Waals surface area contributed by atoms with Gasteiger partial charge in [0.2, 0.25) is 0 Å². The lowest BCUT2D eigenvalue weighted by Gasteiger charge is -2.32. The number of hydrogen-bond acceptors (Lipinski definition) is 2. The summed E-state index contributed by atoms with van der Waals surface area (Å²) in [6, 6.07) is 74.0. The molecular formula is C51H35NO. The van der Waals surface area contributed by atoms with Crippen LogP contribution >= 0.6 is 0 Å². The van der Waals surface area contributed by atoms with Gasteiger partial charge < -0.3 is 9.64 Å². The molecule has 1 heterocycles. The normalized spacial score (nSPS) is 12.2. The largest absolute Gasteiger partial charge is 0.457 e. The highest BCUT2D eigenvalue weighted by Gasteiger charge is 2.32. The SMILES string of the molecule is c1ccc(-c2ccc(N(c3ccc(-c4ccccc4)cc3)c3ccc(C4c5c(ccc6ccccc56)Oc5ccc6ccccc6c54)cc3)cc2)cc1. The van der Waals surface area contributed by atoms with Crippen LogP contribution in [0, 0.1) is 0 Å². The number of ether oxygens (including phenoxy) is 1. The van der Waals surface area contributed by atoms with Crippen molar-refractivity contribution in [2.24, 2.45) is 0 Å². The first kappa shape index (κ1) is 30.9. The maximum atomic E-state index is 6.70. The molecule has 1 aliphatic rings. The van der Waals surface area contributed by atoms with Crippen LogP contribution in [0.3, 0.4) is 0 Å². The number of rotatable bonds is 6. The average Bonchev–Trinajstić information content (AvgIpc) is 3.24. The van der Waals surface area contributed by atoms with E-state index in [1.165, 1.54) is 60.5 Å². The molecule has 0 unspecified atom stereocenters. The lowest BCUT2D eigenvalue weighted by atomic mass is 9.78. The number of fused-ring (bicyclic) bond motifs is 6. The third-order valence-corrected chi connectivity index (χ3v) is 10.6. The van der Waals surface area contributed by atoms with E-state index in [2.05, 4.69) is 211 Å². The van der Waals surface area contributed by atoms with Crippen molar-refractivity contribution in [3.8, 4) is 33.8 Å². The zero-order valence-corrected chi connectivity index (χ0v) is 29.1. The Labute approximate surface area is 309 Å². The van der Waals surface area contributed by atoms with E-state index in [0.717, 1.165) is 28.6 Å². The summed E-state index contributed by atoms with van der Waals surface area (Å²) < 4.78 is 6.70. The first-order valence-corrected chi connectivity index (χ1v) is 18.2. The van der Waals surface area contributed by atoms with Gasteiger partial charge in [0.25, 0.3) is 0 Å². The second-order valence-corrected chi connectivity index (χ2v) is 13.7. The van der Waals surface area contributed by atoms with E-state index < -0.39 is 0 Å². The molecule has 0 amide bonds. The van der Waals surface area contributed by atoms with Crippen LogP contribution in [0.2, 0.25) is 0 Å². The predicted molar refractivity (Wildman–Crippen MR) is 221 cm³/mol. The molecule has 0 atom stereocenters. The molecule has 2 heteroatoms. The smallest absolute Gasteiger partial charge is 0.132 e. The van der Waals surface area contributed by atoms with E-state index in [0.29, 0.717) is 0 Å². The summed E-state index contributed by atoms with van der Waals surface area (Å²) in [7, 11) is 0. The van der Waals surface area contributed by atoms with Crippen LogP contribution in [0.25, 0.3) is 43.8 Å². The molecule has 0 N–H and O–H groups in total. The fraction of sp³-hybridized carbons (Fsp3) is 0.0196. The van der Waals surface area contributed by atoms with Crippen LogP contribution < -0.4 is 9.64 Å². The molecular weight excluding hydrogens is 643 g/mol. The Kier molecular flexibility index (Phi) is 7.58. The van der Waals surface area contributed by atoms with Crippen LogP contribution in [-0.2, 0) is 0 Å². The quantitative estimate of drug-likeness (QED) is 0.174. The summed E-state index contributed by atoms with van der Waals surface area (Å²) in [6.45, 7) is 0. The zero-order chi connectivity index (χ0) is 35.1. The van der Waals surface area contributed by atoms with Gasteiger partial charge in [-0.25, -0.2) is 0 Å². The van der Waals surface area contributed by atoms with Crippen molar-refractivity contribution in [1.82, 2.24) is 0 Å². The van der Waals surface area contributed by atoms with Crippen molar-refractivity contribution in [2.75, 3.05) is 4.90 Å². The molecule has 0 saturated carbocycles. The predicted octanol–water partition coefficient (Wildman–Crippen LogP) is 14.1. The Morgan fingerprint density at radius 1 is 0.321 bits per heavy atom. The van der Waals surface area contributed by atoms with Crippen LogP contribution in [0.1, 0.15) is 22.6 Å². The molecule has 2 nitrogen and oxygen atoms in total. The minimum absolute atomic E-state index is 0.0104. The highest BCUT2D eigenvalue weighted by atomic mass is 16.5. The number of anilines is 3. The maximum Gasteiger partial charge on any atom is 0.132 e. The highest BCUT2D eigenvalue weighted by molar-refractivity contribution is 5.95. The van der Waals surface area contributed by atoms with E-state index in [1.54, 1.807) is 0 Å². The van der Waals surface area contributed by atoms with Gasteiger partial charge in [-0.05, 0) is 97.9 Å². The first-order valence-electron chi connectivity index (χ1n) is 18.2. The van der Waals surface area contributed by atoms with Gasteiger partial charge in [0.15, 0.2) is 0 Å². The van der Waals surface area contributed by atoms with Crippen LogP contribution in [0.5, 0.6) is 11.5 Å². The molecule has 250 valence electrons. The molecule has 9 aromatic carbocycles. The Morgan fingerprint density at radius 2 is 0.698 bits per heavy atom. The van der Waals surface area contributed by atoms with E-state index in [9.17, 15) is 0 Å². The van der Waals surface area contributed by atoms with E-state index in [4.69, 9.17) is 4.74 Å². The summed E-state index contributed by atoms with van der Waals surface area (Å²) in [5.41, 5.74) is 11.8. The second kappa shape index (κ2) is 13.0. The fourth-order valence-corrected chi connectivity index (χ4v) is 8.05. The summed E-state index contributed by atoms with van der Waals surface area (Å²) in [4.78, 5) is 2.35. The van der Waals surface area contributed by atoms with Gasteiger partial charge in [-0.15, -0.1) is 0 Å². The molecule has 0 spiro atoms.